The Morgan fingerprint density at radius 2 is 2.31 bits per heavy atom. The van der Waals surface area contributed by atoms with E-state index in [9.17, 15) is 0 Å². The molecule has 0 spiro atoms. The largest absolute Gasteiger partial charge is 0.315 e. The predicted molar refractivity (Wildman–Crippen MR) is 54.8 cm³/mol. The summed E-state index contributed by atoms with van der Waals surface area (Å²) in [6, 6.07) is 0.588. The Morgan fingerprint density at radius 1 is 1.54 bits per heavy atom. The number of aryl methyl sites for hydroxylation is 2. The highest BCUT2D eigenvalue weighted by molar-refractivity contribution is 5.14. The molecular weight excluding hydrogens is 162 g/mol. The van der Waals surface area contributed by atoms with Crippen molar-refractivity contribution in [3.8, 4) is 0 Å². The highest BCUT2D eigenvalue weighted by atomic mass is 15.1. The van der Waals surface area contributed by atoms with E-state index in [2.05, 4.69) is 36.3 Å². The third kappa shape index (κ3) is 3.59. The number of nitrogens with one attached hydrogen (secondary N) is 2. The Kier molecular flexibility index (Phi) is 3.96. The highest BCUT2D eigenvalue weighted by Gasteiger charge is 1.99. The summed E-state index contributed by atoms with van der Waals surface area (Å²) < 4.78 is 0. The molecule has 0 bridgehead atoms. The molecule has 0 aliphatic heterocycles. The van der Waals surface area contributed by atoms with Crippen LogP contribution in [0.25, 0.3) is 0 Å². The quantitative estimate of drug-likeness (QED) is 0.678. The van der Waals surface area contributed by atoms with E-state index in [0.717, 1.165) is 13.0 Å². The third-order valence-corrected chi connectivity index (χ3v) is 2.11. The van der Waals surface area contributed by atoms with Crippen LogP contribution in [0.5, 0.6) is 0 Å². The van der Waals surface area contributed by atoms with Crippen molar-refractivity contribution in [2.45, 2.75) is 39.7 Å². The second kappa shape index (κ2) is 5.02. The fraction of sp³-hybridized carbons (Fsp3) is 0.700. The van der Waals surface area contributed by atoms with Crippen molar-refractivity contribution < 1.29 is 0 Å². The van der Waals surface area contributed by atoms with Crippen molar-refractivity contribution in [2.24, 2.45) is 0 Å². The van der Waals surface area contributed by atoms with Crippen LogP contribution in [-0.2, 0) is 6.42 Å². The Morgan fingerprint density at radius 3 is 2.85 bits per heavy atom. The van der Waals surface area contributed by atoms with Gasteiger partial charge in [0.15, 0.2) is 0 Å². The Bertz CT molecular complexity index is 240. The van der Waals surface area contributed by atoms with Gasteiger partial charge < -0.3 is 5.32 Å². The zero-order valence-corrected chi connectivity index (χ0v) is 8.72. The molecule has 74 valence electrons. The Hall–Kier alpha value is -0.830. The maximum absolute atomic E-state index is 3.99. The van der Waals surface area contributed by atoms with E-state index in [0.29, 0.717) is 6.04 Å². The second-order valence-electron chi connectivity index (χ2n) is 3.73. The van der Waals surface area contributed by atoms with Gasteiger partial charge in [0.05, 0.1) is 6.20 Å². The minimum atomic E-state index is 0.588. The summed E-state index contributed by atoms with van der Waals surface area (Å²) in [5, 5.41) is 10.3. The molecule has 0 unspecified atom stereocenters. The lowest BCUT2D eigenvalue weighted by molar-refractivity contribution is 0.570. The molecule has 0 radical (unpaired) electrons. The molecule has 0 fully saturated rings. The van der Waals surface area contributed by atoms with Crippen molar-refractivity contribution in [3.05, 3.63) is 17.5 Å². The Labute approximate surface area is 79.9 Å². The SMILES string of the molecule is Cc1[nH]ncc1CCCNC(C)C. The zero-order valence-electron chi connectivity index (χ0n) is 8.72. The van der Waals surface area contributed by atoms with Crippen LogP contribution in [0.4, 0.5) is 0 Å². The summed E-state index contributed by atoms with van der Waals surface area (Å²) >= 11 is 0. The monoisotopic (exact) mass is 181 g/mol. The molecule has 0 atom stereocenters. The topological polar surface area (TPSA) is 40.7 Å². The van der Waals surface area contributed by atoms with Gasteiger partial charge in [-0.2, -0.15) is 5.10 Å². The normalized spacial score (nSPS) is 11.1. The predicted octanol–water partition coefficient (Wildman–Crippen LogP) is 1.65. The van der Waals surface area contributed by atoms with E-state index in [1.807, 2.05) is 6.20 Å². The van der Waals surface area contributed by atoms with Crippen LogP contribution in [0.1, 0.15) is 31.5 Å². The van der Waals surface area contributed by atoms with Crippen molar-refractivity contribution in [2.75, 3.05) is 6.54 Å². The first-order valence-electron chi connectivity index (χ1n) is 4.92. The highest BCUT2D eigenvalue weighted by Crippen LogP contribution is 2.04. The third-order valence-electron chi connectivity index (χ3n) is 2.11. The average Bonchev–Trinajstić information content (AvgIpc) is 2.45. The molecule has 0 saturated carbocycles. The van der Waals surface area contributed by atoms with Gasteiger partial charge >= 0.3 is 0 Å². The molecule has 0 aliphatic rings. The van der Waals surface area contributed by atoms with E-state index in [1.54, 1.807) is 0 Å². The summed E-state index contributed by atoms with van der Waals surface area (Å²) in [6.45, 7) is 7.49. The molecule has 0 amide bonds. The number of hydrogen-bond acceptors (Lipinski definition) is 2. The van der Waals surface area contributed by atoms with Crippen molar-refractivity contribution in [3.63, 3.8) is 0 Å². The molecule has 0 aromatic carbocycles. The van der Waals surface area contributed by atoms with Gasteiger partial charge in [0, 0.05) is 11.7 Å². The van der Waals surface area contributed by atoms with Crippen LogP contribution in [0.2, 0.25) is 0 Å². The van der Waals surface area contributed by atoms with Gasteiger partial charge in [0.25, 0.3) is 0 Å². The minimum absolute atomic E-state index is 0.588. The van der Waals surface area contributed by atoms with Gasteiger partial charge in [-0.15, -0.1) is 0 Å². The molecule has 0 saturated heterocycles. The van der Waals surface area contributed by atoms with Gasteiger partial charge in [-0.1, -0.05) is 13.8 Å². The van der Waals surface area contributed by atoms with Crippen molar-refractivity contribution in [1.29, 1.82) is 0 Å². The smallest absolute Gasteiger partial charge is 0.0522 e. The molecule has 3 heteroatoms. The second-order valence-corrected chi connectivity index (χ2v) is 3.73. The van der Waals surface area contributed by atoms with Crippen LogP contribution < -0.4 is 5.32 Å². The molecular formula is C10H19N3. The number of aromatic amines is 1. The maximum Gasteiger partial charge on any atom is 0.0522 e. The van der Waals surface area contributed by atoms with Gasteiger partial charge in [0.2, 0.25) is 0 Å². The lowest BCUT2D eigenvalue weighted by Crippen LogP contribution is -2.23. The van der Waals surface area contributed by atoms with E-state index in [4.69, 9.17) is 0 Å². The van der Waals surface area contributed by atoms with E-state index < -0.39 is 0 Å². The van der Waals surface area contributed by atoms with Crippen LogP contribution in [0, 0.1) is 6.92 Å². The zero-order chi connectivity index (χ0) is 9.68. The first kappa shape index (κ1) is 10.3. The molecule has 1 rings (SSSR count). The first-order valence-corrected chi connectivity index (χ1v) is 4.92. The molecule has 1 aromatic heterocycles. The Balaban J connectivity index is 2.17. The summed E-state index contributed by atoms with van der Waals surface area (Å²) in [5.74, 6) is 0. The fourth-order valence-corrected chi connectivity index (χ4v) is 1.30. The van der Waals surface area contributed by atoms with E-state index >= 15 is 0 Å². The number of nitrogens with zero attached hydrogens (tertiary/aromatic N) is 1. The maximum atomic E-state index is 3.99. The van der Waals surface area contributed by atoms with Crippen LogP contribution in [-0.4, -0.2) is 22.8 Å². The van der Waals surface area contributed by atoms with Crippen molar-refractivity contribution in [1.82, 2.24) is 15.5 Å². The first-order chi connectivity index (χ1) is 6.20. The molecule has 1 heterocycles. The lowest BCUT2D eigenvalue weighted by Gasteiger charge is -2.06. The fourth-order valence-electron chi connectivity index (χ4n) is 1.30. The molecule has 2 N–H and O–H groups in total. The van der Waals surface area contributed by atoms with Crippen LogP contribution >= 0.6 is 0 Å². The minimum Gasteiger partial charge on any atom is -0.315 e. The standard InChI is InChI=1S/C10H19N3/c1-8(2)11-6-4-5-10-7-12-13-9(10)3/h7-8,11H,4-6H2,1-3H3,(H,12,13). The molecule has 0 aliphatic carbocycles. The molecule has 3 nitrogen and oxygen atoms in total. The number of H-pyrrole nitrogens is 1. The summed E-state index contributed by atoms with van der Waals surface area (Å²) in [5.41, 5.74) is 2.54. The van der Waals surface area contributed by atoms with E-state index in [-0.39, 0.29) is 0 Å². The van der Waals surface area contributed by atoms with Gasteiger partial charge in [-0.25, -0.2) is 0 Å². The molecule has 1 aromatic rings. The van der Waals surface area contributed by atoms with Crippen molar-refractivity contribution >= 4 is 0 Å². The number of rotatable bonds is 5. The van der Waals surface area contributed by atoms with Gasteiger partial charge in [-0.3, -0.25) is 5.10 Å². The van der Waals surface area contributed by atoms with Gasteiger partial charge in [-0.05, 0) is 31.9 Å². The lowest BCUT2D eigenvalue weighted by atomic mass is 10.1. The van der Waals surface area contributed by atoms with Gasteiger partial charge in [0.1, 0.15) is 0 Å². The summed E-state index contributed by atoms with van der Waals surface area (Å²) in [7, 11) is 0. The molecule has 13 heavy (non-hydrogen) atoms. The number of hydrogen-bond donors (Lipinski definition) is 2. The summed E-state index contributed by atoms with van der Waals surface area (Å²) in [4.78, 5) is 0. The van der Waals surface area contributed by atoms with E-state index in [1.165, 1.54) is 17.7 Å². The van der Waals surface area contributed by atoms with Crippen LogP contribution in [0.3, 0.4) is 0 Å². The van der Waals surface area contributed by atoms with Crippen LogP contribution in [0.15, 0.2) is 6.20 Å². The number of aromatic nitrogens is 2. The average molecular weight is 181 g/mol. The summed E-state index contributed by atoms with van der Waals surface area (Å²) in [6.07, 6.45) is 4.21.